The third-order valence-corrected chi connectivity index (χ3v) is 4.15. The summed E-state index contributed by atoms with van der Waals surface area (Å²) in [7, 11) is 1.67. The number of hydrogen-bond donors (Lipinski definition) is 0. The summed E-state index contributed by atoms with van der Waals surface area (Å²) in [5, 5.41) is 0. The van der Waals surface area contributed by atoms with Crippen LogP contribution in [-0.2, 0) is 11.3 Å². The maximum atomic E-state index is 13.8. The van der Waals surface area contributed by atoms with E-state index < -0.39 is 0 Å². The minimum atomic E-state index is -0.263. The molecular formula is C18H21FN2O2. The lowest BCUT2D eigenvalue weighted by atomic mass is 10.1. The number of benzene rings is 1. The number of piperidine rings is 1. The summed E-state index contributed by atoms with van der Waals surface area (Å²) in [6, 6.07) is 10.9. The Morgan fingerprint density at radius 3 is 2.70 bits per heavy atom. The van der Waals surface area contributed by atoms with E-state index in [0.717, 1.165) is 37.2 Å². The molecule has 1 saturated heterocycles. The molecule has 1 aliphatic heterocycles. The lowest BCUT2D eigenvalue weighted by Gasteiger charge is -2.32. The standard InChI is InChI=1S/C18H21FN2O2/c1-22-17-7-3-2-5-14(17)13-23-15-8-11-21(12-9-15)18-16(19)6-4-10-20-18/h2-7,10,15H,8-9,11-13H2,1H3. The quantitative estimate of drug-likeness (QED) is 0.846. The molecule has 5 heteroatoms. The van der Waals surface area contributed by atoms with Crippen LogP contribution in [0.4, 0.5) is 10.2 Å². The van der Waals surface area contributed by atoms with Crippen LogP contribution in [0.15, 0.2) is 42.6 Å². The largest absolute Gasteiger partial charge is 0.496 e. The molecule has 0 amide bonds. The number of ether oxygens (including phenoxy) is 2. The van der Waals surface area contributed by atoms with E-state index in [1.165, 1.54) is 6.07 Å². The van der Waals surface area contributed by atoms with Gasteiger partial charge < -0.3 is 14.4 Å². The smallest absolute Gasteiger partial charge is 0.165 e. The molecule has 1 fully saturated rings. The molecule has 0 atom stereocenters. The second kappa shape index (κ2) is 7.42. The van der Waals surface area contributed by atoms with Gasteiger partial charge in [-0.15, -0.1) is 0 Å². The van der Waals surface area contributed by atoms with Crippen molar-refractivity contribution >= 4 is 5.82 Å². The zero-order valence-corrected chi connectivity index (χ0v) is 13.2. The molecule has 122 valence electrons. The molecule has 1 aliphatic rings. The van der Waals surface area contributed by atoms with Crippen molar-refractivity contribution in [2.75, 3.05) is 25.1 Å². The van der Waals surface area contributed by atoms with E-state index >= 15 is 0 Å². The van der Waals surface area contributed by atoms with Crippen molar-refractivity contribution in [2.24, 2.45) is 0 Å². The van der Waals surface area contributed by atoms with Crippen molar-refractivity contribution < 1.29 is 13.9 Å². The predicted octanol–water partition coefficient (Wildman–Crippen LogP) is 3.41. The topological polar surface area (TPSA) is 34.6 Å². The molecule has 23 heavy (non-hydrogen) atoms. The van der Waals surface area contributed by atoms with E-state index in [9.17, 15) is 4.39 Å². The Balaban J connectivity index is 1.53. The first-order chi connectivity index (χ1) is 11.3. The normalized spacial score (nSPS) is 15.7. The molecule has 1 aromatic heterocycles. The van der Waals surface area contributed by atoms with Gasteiger partial charge in [0, 0.05) is 24.8 Å². The van der Waals surface area contributed by atoms with Gasteiger partial charge in [-0.25, -0.2) is 9.37 Å². The second-order valence-electron chi connectivity index (χ2n) is 5.62. The Bertz CT molecular complexity index is 642. The lowest BCUT2D eigenvalue weighted by Crippen LogP contribution is -2.37. The summed E-state index contributed by atoms with van der Waals surface area (Å²) in [5.41, 5.74) is 1.05. The monoisotopic (exact) mass is 316 g/mol. The number of anilines is 1. The van der Waals surface area contributed by atoms with Crippen LogP contribution in [0.2, 0.25) is 0 Å². The van der Waals surface area contributed by atoms with E-state index in [1.54, 1.807) is 19.4 Å². The van der Waals surface area contributed by atoms with Gasteiger partial charge >= 0.3 is 0 Å². The van der Waals surface area contributed by atoms with Crippen LogP contribution in [0.1, 0.15) is 18.4 Å². The second-order valence-corrected chi connectivity index (χ2v) is 5.62. The van der Waals surface area contributed by atoms with Crippen molar-refractivity contribution in [3.63, 3.8) is 0 Å². The first-order valence-corrected chi connectivity index (χ1v) is 7.87. The summed E-state index contributed by atoms with van der Waals surface area (Å²) < 4.78 is 25.1. The van der Waals surface area contributed by atoms with E-state index in [2.05, 4.69) is 4.98 Å². The number of nitrogens with zero attached hydrogens (tertiary/aromatic N) is 2. The molecule has 4 nitrogen and oxygen atoms in total. The molecular weight excluding hydrogens is 295 g/mol. The van der Waals surface area contributed by atoms with Gasteiger partial charge in [-0.2, -0.15) is 0 Å². The van der Waals surface area contributed by atoms with Crippen LogP contribution < -0.4 is 9.64 Å². The summed E-state index contributed by atoms with van der Waals surface area (Å²) >= 11 is 0. The van der Waals surface area contributed by atoms with Crippen LogP contribution in [-0.4, -0.2) is 31.3 Å². The summed E-state index contributed by atoms with van der Waals surface area (Å²) in [4.78, 5) is 6.12. The average Bonchev–Trinajstić information content (AvgIpc) is 2.61. The molecule has 0 radical (unpaired) electrons. The average molecular weight is 316 g/mol. The van der Waals surface area contributed by atoms with Crippen molar-refractivity contribution in [2.45, 2.75) is 25.6 Å². The van der Waals surface area contributed by atoms with Crippen LogP contribution in [0.5, 0.6) is 5.75 Å². The van der Waals surface area contributed by atoms with Crippen LogP contribution in [0.3, 0.4) is 0 Å². The molecule has 0 saturated carbocycles. The predicted molar refractivity (Wildman–Crippen MR) is 87.2 cm³/mol. The number of para-hydroxylation sites is 1. The van der Waals surface area contributed by atoms with Crippen molar-refractivity contribution in [3.8, 4) is 5.75 Å². The molecule has 3 rings (SSSR count). The maximum absolute atomic E-state index is 13.8. The van der Waals surface area contributed by atoms with Crippen LogP contribution >= 0.6 is 0 Å². The van der Waals surface area contributed by atoms with Crippen LogP contribution in [0, 0.1) is 5.82 Å². The zero-order chi connectivity index (χ0) is 16.1. The summed E-state index contributed by atoms with van der Waals surface area (Å²) in [6.07, 6.45) is 3.54. The van der Waals surface area contributed by atoms with Gasteiger partial charge in [0.25, 0.3) is 0 Å². The highest BCUT2D eigenvalue weighted by atomic mass is 19.1. The zero-order valence-electron chi connectivity index (χ0n) is 13.2. The molecule has 0 aliphatic carbocycles. The molecule has 0 spiro atoms. The van der Waals surface area contributed by atoms with E-state index in [0.29, 0.717) is 12.4 Å². The number of methoxy groups -OCH3 is 1. The van der Waals surface area contributed by atoms with Gasteiger partial charge in [0.05, 0.1) is 19.8 Å². The number of rotatable bonds is 5. The minimum absolute atomic E-state index is 0.183. The lowest BCUT2D eigenvalue weighted by molar-refractivity contribution is 0.0241. The molecule has 0 bridgehead atoms. The summed E-state index contributed by atoms with van der Waals surface area (Å²) in [6.45, 7) is 2.04. The Labute approximate surface area is 135 Å². The highest BCUT2D eigenvalue weighted by molar-refractivity contribution is 5.40. The van der Waals surface area contributed by atoms with Gasteiger partial charge in [0.2, 0.25) is 0 Å². The Hall–Kier alpha value is -2.14. The fourth-order valence-corrected chi connectivity index (χ4v) is 2.87. The molecule has 0 N–H and O–H groups in total. The van der Waals surface area contributed by atoms with E-state index in [-0.39, 0.29) is 11.9 Å². The maximum Gasteiger partial charge on any atom is 0.165 e. The Morgan fingerprint density at radius 1 is 1.17 bits per heavy atom. The number of hydrogen-bond acceptors (Lipinski definition) is 4. The van der Waals surface area contributed by atoms with E-state index in [1.807, 2.05) is 29.2 Å². The Morgan fingerprint density at radius 2 is 1.96 bits per heavy atom. The first kappa shape index (κ1) is 15.7. The van der Waals surface area contributed by atoms with Gasteiger partial charge in [-0.05, 0) is 31.0 Å². The summed E-state index contributed by atoms with van der Waals surface area (Å²) in [5.74, 6) is 1.03. The van der Waals surface area contributed by atoms with Crippen molar-refractivity contribution in [1.29, 1.82) is 0 Å². The van der Waals surface area contributed by atoms with E-state index in [4.69, 9.17) is 9.47 Å². The highest BCUT2D eigenvalue weighted by Gasteiger charge is 2.22. The van der Waals surface area contributed by atoms with Gasteiger partial charge in [0.1, 0.15) is 5.75 Å². The molecule has 0 unspecified atom stereocenters. The Kier molecular flexibility index (Phi) is 5.08. The van der Waals surface area contributed by atoms with Gasteiger partial charge in [-0.3, -0.25) is 0 Å². The SMILES string of the molecule is COc1ccccc1COC1CCN(c2ncccc2F)CC1. The van der Waals surface area contributed by atoms with Gasteiger partial charge in [0.15, 0.2) is 11.6 Å². The third kappa shape index (κ3) is 3.79. The highest BCUT2D eigenvalue weighted by Crippen LogP contribution is 2.24. The minimum Gasteiger partial charge on any atom is -0.496 e. The van der Waals surface area contributed by atoms with Crippen LogP contribution in [0.25, 0.3) is 0 Å². The molecule has 1 aromatic carbocycles. The fourth-order valence-electron chi connectivity index (χ4n) is 2.87. The number of halogens is 1. The first-order valence-electron chi connectivity index (χ1n) is 7.87. The van der Waals surface area contributed by atoms with Gasteiger partial charge in [-0.1, -0.05) is 18.2 Å². The van der Waals surface area contributed by atoms with Crippen molar-refractivity contribution in [3.05, 3.63) is 54.0 Å². The molecule has 2 heterocycles. The fraction of sp³-hybridized carbons (Fsp3) is 0.389. The number of aromatic nitrogens is 1. The number of pyridine rings is 1. The third-order valence-electron chi connectivity index (χ3n) is 4.15. The molecule has 2 aromatic rings. The van der Waals surface area contributed by atoms with Crippen molar-refractivity contribution in [1.82, 2.24) is 4.98 Å².